The number of likely N-dealkylation sites (N-methyl/N-ethyl adjacent to an activating group) is 1. The zero-order valence-corrected chi connectivity index (χ0v) is 19.1. The summed E-state index contributed by atoms with van der Waals surface area (Å²) in [7, 11) is 3.16. The molecule has 2 aromatic rings. The lowest BCUT2D eigenvalue weighted by molar-refractivity contribution is -0.133. The lowest BCUT2D eigenvalue weighted by Gasteiger charge is -2.28. The lowest BCUT2D eigenvalue weighted by Crippen LogP contribution is -2.49. The molecule has 32 heavy (non-hydrogen) atoms. The lowest BCUT2D eigenvalue weighted by atomic mass is 9.98. The standard InChI is InChI=1S/C24H29FN4O3/c1-24(2,3)26-23(31)28(4)15-22(30)29-21(17-8-12-19(32-5)13-9-17)14-20(27-29)16-6-10-18(25)11-7-16/h6-13,21H,14-15H2,1-5H3,(H,26,31)/t21-/m1/s1. The third-order valence-electron chi connectivity index (χ3n) is 5.04. The van der Waals surface area contributed by atoms with Crippen LogP contribution in [0.5, 0.6) is 5.75 Å². The zero-order chi connectivity index (χ0) is 23.5. The second-order valence-corrected chi connectivity index (χ2v) is 8.82. The van der Waals surface area contributed by atoms with E-state index in [1.807, 2.05) is 45.0 Å². The van der Waals surface area contributed by atoms with Gasteiger partial charge in [0.1, 0.15) is 18.1 Å². The highest BCUT2D eigenvalue weighted by molar-refractivity contribution is 6.03. The Balaban J connectivity index is 1.85. The number of hydrogen-bond acceptors (Lipinski definition) is 4. The smallest absolute Gasteiger partial charge is 0.318 e. The van der Waals surface area contributed by atoms with Gasteiger partial charge in [-0.05, 0) is 56.2 Å². The van der Waals surface area contributed by atoms with Gasteiger partial charge in [-0.2, -0.15) is 5.10 Å². The van der Waals surface area contributed by atoms with Gasteiger partial charge in [0.25, 0.3) is 5.91 Å². The summed E-state index contributed by atoms with van der Waals surface area (Å²) in [6.07, 6.45) is 0.474. The number of nitrogens with one attached hydrogen (secondary N) is 1. The number of hydrogen-bond donors (Lipinski definition) is 1. The van der Waals surface area contributed by atoms with Crippen molar-refractivity contribution in [1.82, 2.24) is 15.2 Å². The summed E-state index contributed by atoms with van der Waals surface area (Å²) in [5, 5.41) is 8.82. The fourth-order valence-corrected chi connectivity index (χ4v) is 3.41. The minimum Gasteiger partial charge on any atom is -0.497 e. The van der Waals surface area contributed by atoms with Gasteiger partial charge in [0.05, 0.1) is 18.9 Å². The van der Waals surface area contributed by atoms with Gasteiger partial charge in [0, 0.05) is 19.0 Å². The van der Waals surface area contributed by atoms with Crippen molar-refractivity contribution in [2.24, 2.45) is 5.10 Å². The van der Waals surface area contributed by atoms with Crippen molar-refractivity contribution < 1.29 is 18.7 Å². The molecule has 0 fully saturated rings. The van der Waals surface area contributed by atoms with Crippen LogP contribution in [0.15, 0.2) is 53.6 Å². The van der Waals surface area contributed by atoms with Crippen LogP contribution in [0.3, 0.4) is 0 Å². The number of ether oxygens (including phenoxy) is 1. The number of halogens is 1. The Morgan fingerprint density at radius 2 is 1.78 bits per heavy atom. The van der Waals surface area contributed by atoms with Crippen LogP contribution in [0.2, 0.25) is 0 Å². The number of urea groups is 1. The monoisotopic (exact) mass is 440 g/mol. The van der Waals surface area contributed by atoms with Crippen molar-refractivity contribution in [3.05, 3.63) is 65.5 Å². The molecule has 0 unspecified atom stereocenters. The molecular formula is C24H29FN4O3. The van der Waals surface area contributed by atoms with Crippen LogP contribution >= 0.6 is 0 Å². The first-order chi connectivity index (χ1) is 15.1. The van der Waals surface area contributed by atoms with Gasteiger partial charge in [0.15, 0.2) is 0 Å². The van der Waals surface area contributed by atoms with Crippen LogP contribution in [0, 0.1) is 5.82 Å². The number of hydrazone groups is 1. The number of carbonyl (C=O) groups excluding carboxylic acids is 2. The predicted octanol–water partition coefficient (Wildman–Crippen LogP) is 3.95. The number of rotatable bonds is 5. The normalized spacial score (nSPS) is 15.9. The highest BCUT2D eigenvalue weighted by atomic mass is 19.1. The molecule has 170 valence electrons. The van der Waals surface area contributed by atoms with Gasteiger partial charge in [-0.15, -0.1) is 0 Å². The largest absolute Gasteiger partial charge is 0.497 e. The summed E-state index contributed by atoms with van der Waals surface area (Å²) < 4.78 is 18.6. The molecule has 2 aromatic carbocycles. The Labute approximate surface area is 187 Å². The minimum atomic E-state index is -0.415. The number of methoxy groups -OCH3 is 1. The van der Waals surface area contributed by atoms with E-state index in [9.17, 15) is 14.0 Å². The zero-order valence-electron chi connectivity index (χ0n) is 19.1. The average molecular weight is 441 g/mol. The van der Waals surface area contributed by atoms with Crippen molar-refractivity contribution in [3.8, 4) is 5.75 Å². The first kappa shape index (κ1) is 23.2. The maximum absolute atomic E-state index is 13.4. The Morgan fingerprint density at radius 1 is 1.16 bits per heavy atom. The Hall–Kier alpha value is -3.42. The van der Waals surface area contributed by atoms with Crippen molar-refractivity contribution >= 4 is 17.6 Å². The van der Waals surface area contributed by atoms with E-state index in [4.69, 9.17) is 4.74 Å². The molecule has 0 bridgehead atoms. The Morgan fingerprint density at radius 3 is 2.34 bits per heavy atom. The van der Waals surface area contributed by atoms with Crippen molar-refractivity contribution in [3.63, 3.8) is 0 Å². The van der Waals surface area contributed by atoms with E-state index in [1.54, 1.807) is 26.3 Å². The number of nitrogens with zero attached hydrogens (tertiary/aromatic N) is 3. The molecule has 7 nitrogen and oxygen atoms in total. The third-order valence-corrected chi connectivity index (χ3v) is 5.04. The van der Waals surface area contributed by atoms with Crippen molar-refractivity contribution in [2.75, 3.05) is 20.7 Å². The van der Waals surface area contributed by atoms with E-state index in [2.05, 4.69) is 10.4 Å². The molecule has 0 aromatic heterocycles. The molecule has 8 heteroatoms. The summed E-state index contributed by atoms with van der Waals surface area (Å²) in [5.41, 5.74) is 1.91. The molecule has 3 amide bonds. The van der Waals surface area contributed by atoms with Crippen molar-refractivity contribution in [1.29, 1.82) is 0 Å². The second-order valence-electron chi connectivity index (χ2n) is 8.82. The van der Waals surface area contributed by atoms with Crippen LogP contribution < -0.4 is 10.1 Å². The summed E-state index contributed by atoms with van der Waals surface area (Å²) in [6.45, 7) is 5.49. The van der Waals surface area contributed by atoms with E-state index in [-0.39, 0.29) is 30.3 Å². The maximum atomic E-state index is 13.4. The fraction of sp³-hybridized carbons (Fsp3) is 0.375. The molecule has 1 aliphatic rings. The number of benzene rings is 2. The molecule has 0 spiro atoms. The van der Waals surface area contributed by atoms with Gasteiger partial charge < -0.3 is 15.0 Å². The van der Waals surface area contributed by atoms with Gasteiger partial charge in [0.2, 0.25) is 0 Å². The SMILES string of the molecule is COc1ccc([C@H]2CC(c3ccc(F)cc3)=NN2C(=O)CN(C)C(=O)NC(C)(C)C)cc1. The van der Waals surface area contributed by atoms with Gasteiger partial charge in [-0.3, -0.25) is 4.79 Å². The van der Waals surface area contributed by atoms with Crippen LogP contribution in [-0.2, 0) is 4.79 Å². The third kappa shape index (κ3) is 5.63. The van der Waals surface area contributed by atoms with Gasteiger partial charge in [-0.1, -0.05) is 24.3 Å². The summed E-state index contributed by atoms with van der Waals surface area (Å²) in [6, 6.07) is 12.8. The highest BCUT2D eigenvalue weighted by Crippen LogP contribution is 2.33. The molecule has 0 radical (unpaired) electrons. The molecule has 1 heterocycles. The first-order valence-electron chi connectivity index (χ1n) is 10.4. The quantitative estimate of drug-likeness (QED) is 0.765. The number of amides is 3. The molecule has 0 saturated heterocycles. The van der Waals surface area contributed by atoms with E-state index in [0.29, 0.717) is 17.9 Å². The van der Waals surface area contributed by atoms with E-state index in [0.717, 1.165) is 11.1 Å². The van der Waals surface area contributed by atoms with E-state index in [1.165, 1.54) is 22.0 Å². The molecule has 1 N–H and O–H groups in total. The van der Waals surface area contributed by atoms with E-state index < -0.39 is 5.54 Å². The molecular weight excluding hydrogens is 411 g/mol. The first-order valence-corrected chi connectivity index (χ1v) is 10.4. The Kier molecular flexibility index (Phi) is 6.81. The van der Waals surface area contributed by atoms with Crippen LogP contribution in [0.25, 0.3) is 0 Å². The molecule has 1 atom stereocenters. The Bertz CT molecular complexity index is 997. The molecule has 3 rings (SSSR count). The van der Waals surface area contributed by atoms with E-state index >= 15 is 0 Å². The summed E-state index contributed by atoms with van der Waals surface area (Å²) >= 11 is 0. The minimum absolute atomic E-state index is 0.130. The van der Waals surface area contributed by atoms with Crippen LogP contribution in [0.4, 0.5) is 9.18 Å². The average Bonchev–Trinajstić information content (AvgIpc) is 3.18. The van der Waals surface area contributed by atoms with Crippen LogP contribution in [-0.4, -0.2) is 53.8 Å². The number of carbonyl (C=O) groups is 2. The van der Waals surface area contributed by atoms with Crippen molar-refractivity contribution in [2.45, 2.75) is 38.8 Å². The second kappa shape index (κ2) is 9.38. The molecule has 1 aliphatic heterocycles. The fourth-order valence-electron chi connectivity index (χ4n) is 3.41. The van der Waals surface area contributed by atoms with Gasteiger partial charge >= 0.3 is 6.03 Å². The topological polar surface area (TPSA) is 74.2 Å². The predicted molar refractivity (Wildman–Crippen MR) is 121 cm³/mol. The molecule has 0 aliphatic carbocycles. The summed E-state index contributed by atoms with van der Waals surface area (Å²) in [4.78, 5) is 26.9. The van der Waals surface area contributed by atoms with Gasteiger partial charge in [-0.25, -0.2) is 14.2 Å². The summed E-state index contributed by atoms with van der Waals surface area (Å²) in [5.74, 6) is 0.0656. The molecule has 0 saturated carbocycles. The maximum Gasteiger partial charge on any atom is 0.318 e. The van der Waals surface area contributed by atoms with Crippen LogP contribution in [0.1, 0.15) is 44.4 Å². The highest BCUT2D eigenvalue weighted by Gasteiger charge is 2.34.